The summed E-state index contributed by atoms with van der Waals surface area (Å²) in [5.41, 5.74) is 1.33. The first-order valence-corrected chi connectivity index (χ1v) is 9.66. The van der Waals surface area contributed by atoms with Crippen LogP contribution in [-0.2, 0) is 16.8 Å². The predicted molar refractivity (Wildman–Crippen MR) is 96.9 cm³/mol. The Morgan fingerprint density at radius 1 is 1.00 bits per heavy atom. The van der Waals surface area contributed by atoms with Gasteiger partial charge in [0.2, 0.25) is 0 Å². The number of para-hydroxylation sites is 2. The van der Waals surface area contributed by atoms with Crippen molar-refractivity contribution in [3.8, 4) is 5.75 Å². The lowest BCUT2D eigenvalue weighted by Crippen LogP contribution is -2.47. The topological polar surface area (TPSA) is 81.1 Å². The smallest absolute Gasteiger partial charge is 0.360 e. The van der Waals surface area contributed by atoms with Crippen LogP contribution >= 0.6 is 0 Å². The number of piperidine rings is 1. The van der Waals surface area contributed by atoms with E-state index in [1.807, 2.05) is 18.2 Å². The van der Waals surface area contributed by atoms with Crippen molar-refractivity contribution in [1.29, 1.82) is 0 Å². The first-order chi connectivity index (χ1) is 11.9. The standard InChI is InChI=1S/C18H22N2O4S/c21-18-9-5-4-8-17(18)20(25(22,23)24)16-10-12-19(13-11-16)14-15-6-2-1-3-7-15/h1-9,16,21H,10-14H2,(H,22,23,24). The van der Waals surface area contributed by atoms with Gasteiger partial charge in [0.1, 0.15) is 5.75 Å². The van der Waals surface area contributed by atoms with Crippen LogP contribution < -0.4 is 4.31 Å². The van der Waals surface area contributed by atoms with Gasteiger partial charge in [0, 0.05) is 25.7 Å². The van der Waals surface area contributed by atoms with E-state index in [0.29, 0.717) is 12.8 Å². The van der Waals surface area contributed by atoms with E-state index in [1.54, 1.807) is 12.1 Å². The summed E-state index contributed by atoms with van der Waals surface area (Å²) in [6.45, 7) is 2.26. The van der Waals surface area contributed by atoms with Gasteiger partial charge >= 0.3 is 10.3 Å². The molecule has 0 aromatic heterocycles. The van der Waals surface area contributed by atoms with Gasteiger partial charge in [0.15, 0.2) is 0 Å². The maximum Gasteiger partial charge on any atom is 0.360 e. The van der Waals surface area contributed by atoms with Crippen LogP contribution in [0.2, 0.25) is 0 Å². The minimum absolute atomic E-state index is 0.117. The van der Waals surface area contributed by atoms with Crippen LogP contribution in [0.5, 0.6) is 5.75 Å². The molecule has 1 aliphatic heterocycles. The van der Waals surface area contributed by atoms with Gasteiger partial charge in [-0.05, 0) is 30.5 Å². The van der Waals surface area contributed by atoms with Crippen LogP contribution in [0.3, 0.4) is 0 Å². The number of hydrogen-bond donors (Lipinski definition) is 2. The lowest BCUT2D eigenvalue weighted by atomic mass is 10.0. The zero-order valence-corrected chi connectivity index (χ0v) is 14.6. The van der Waals surface area contributed by atoms with Crippen molar-refractivity contribution in [2.24, 2.45) is 0 Å². The second-order valence-corrected chi connectivity index (χ2v) is 7.54. The number of likely N-dealkylation sites (tertiary alicyclic amines) is 1. The van der Waals surface area contributed by atoms with E-state index >= 15 is 0 Å². The van der Waals surface area contributed by atoms with Gasteiger partial charge in [-0.15, -0.1) is 0 Å². The molecule has 2 aromatic rings. The maximum atomic E-state index is 11.9. The number of hydrogen-bond acceptors (Lipinski definition) is 4. The Labute approximate surface area is 148 Å². The van der Waals surface area contributed by atoms with Crippen LogP contribution in [0.4, 0.5) is 5.69 Å². The minimum Gasteiger partial charge on any atom is -0.506 e. The van der Waals surface area contributed by atoms with Crippen LogP contribution in [0.25, 0.3) is 0 Å². The third-order valence-corrected chi connectivity index (χ3v) is 5.50. The molecule has 2 N–H and O–H groups in total. The summed E-state index contributed by atoms with van der Waals surface area (Å²) in [5.74, 6) is -0.160. The molecule has 0 atom stereocenters. The van der Waals surface area contributed by atoms with Crippen molar-refractivity contribution in [3.05, 3.63) is 60.2 Å². The fraction of sp³-hybridized carbons (Fsp3) is 0.333. The summed E-state index contributed by atoms with van der Waals surface area (Å²) in [4.78, 5) is 2.26. The van der Waals surface area contributed by atoms with Gasteiger partial charge in [-0.2, -0.15) is 8.42 Å². The highest BCUT2D eigenvalue weighted by molar-refractivity contribution is 7.87. The largest absolute Gasteiger partial charge is 0.506 e. The van der Waals surface area contributed by atoms with Gasteiger partial charge < -0.3 is 5.11 Å². The average molecular weight is 362 g/mol. The molecule has 1 heterocycles. The number of phenolic OH excluding ortho intramolecular Hbond substituents is 1. The van der Waals surface area contributed by atoms with Crippen molar-refractivity contribution in [3.63, 3.8) is 0 Å². The molecule has 0 bridgehead atoms. The molecule has 0 saturated carbocycles. The highest BCUT2D eigenvalue weighted by atomic mass is 32.2. The Balaban J connectivity index is 1.72. The monoisotopic (exact) mass is 362 g/mol. The summed E-state index contributed by atoms with van der Waals surface area (Å²) in [6, 6.07) is 15.9. The van der Waals surface area contributed by atoms with Crippen molar-refractivity contribution in [2.75, 3.05) is 17.4 Å². The first kappa shape index (κ1) is 17.7. The molecular weight excluding hydrogens is 340 g/mol. The number of anilines is 1. The van der Waals surface area contributed by atoms with Gasteiger partial charge in [0.25, 0.3) is 0 Å². The van der Waals surface area contributed by atoms with Crippen LogP contribution in [0.15, 0.2) is 54.6 Å². The Morgan fingerprint density at radius 3 is 2.20 bits per heavy atom. The van der Waals surface area contributed by atoms with E-state index in [1.165, 1.54) is 17.7 Å². The van der Waals surface area contributed by atoms with Gasteiger partial charge in [-0.25, -0.2) is 4.31 Å². The Kier molecular flexibility index (Phi) is 5.27. The molecular formula is C18H22N2O4S. The molecule has 0 unspecified atom stereocenters. The van der Waals surface area contributed by atoms with E-state index in [9.17, 15) is 18.1 Å². The second kappa shape index (κ2) is 7.43. The molecule has 6 nitrogen and oxygen atoms in total. The van der Waals surface area contributed by atoms with E-state index < -0.39 is 10.3 Å². The predicted octanol–water partition coefficient (Wildman–Crippen LogP) is 2.67. The lowest BCUT2D eigenvalue weighted by molar-refractivity contribution is 0.205. The average Bonchev–Trinajstić information content (AvgIpc) is 2.58. The number of rotatable bonds is 5. The van der Waals surface area contributed by atoms with Crippen molar-refractivity contribution < 1.29 is 18.1 Å². The van der Waals surface area contributed by atoms with Crippen molar-refractivity contribution in [2.45, 2.75) is 25.4 Å². The Hall–Kier alpha value is -2.09. The van der Waals surface area contributed by atoms with E-state index in [0.717, 1.165) is 23.9 Å². The quantitative estimate of drug-likeness (QED) is 0.799. The zero-order valence-electron chi connectivity index (χ0n) is 13.8. The summed E-state index contributed by atoms with van der Waals surface area (Å²) in [5, 5.41) is 9.99. The van der Waals surface area contributed by atoms with Crippen molar-refractivity contribution in [1.82, 2.24) is 4.90 Å². The molecule has 0 radical (unpaired) electrons. The van der Waals surface area contributed by atoms with E-state index in [4.69, 9.17) is 0 Å². The zero-order chi connectivity index (χ0) is 17.9. The minimum atomic E-state index is -4.46. The Morgan fingerprint density at radius 2 is 1.60 bits per heavy atom. The number of nitrogens with zero attached hydrogens (tertiary/aromatic N) is 2. The molecule has 0 spiro atoms. The highest BCUT2D eigenvalue weighted by Gasteiger charge is 2.33. The molecule has 2 aromatic carbocycles. The van der Waals surface area contributed by atoms with Gasteiger partial charge in [-0.3, -0.25) is 9.45 Å². The van der Waals surface area contributed by atoms with Crippen LogP contribution in [0, 0.1) is 0 Å². The molecule has 3 rings (SSSR count). The molecule has 25 heavy (non-hydrogen) atoms. The summed E-state index contributed by atoms with van der Waals surface area (Å²) in [6.07, 6.45) is 1.17. The SMILES string of the molecule is O=S(=O)(O)N(c1ccccc1O)C1CCN(Cc2ccccc2)CC1. The third-order valence-electron chi connectivity index (χ3n) is 4.51. The third kappa shape index (κ3) is 4.31. The molecule has 1 aliphatic rings. The van der Waals surface area contributed by atoms with Gasteiger partial charge in [-0.1, -0.05) is 42.5 Å². The molecule has 134 valence electrons. The maximum absolute atomic E-state index is 11.9. The Bertz CT molecular complexity index is 803. The fourth-order valence-electron chi connectivity index (χ4n) is 3.31. The first-order valence-electron chi connectivity index (χ1n) is 8.26. The molecule has 0 amide bonds. The number of aromatic hydroxyl groups is 1. The molecule has 7 heteroatoms. The van der Waals surface area contributed by atoms with E-state index in [-0.39, 0.29) is 17.5 Å². The van der Waals surface area contributed by atoms with Crippen LogP contribution in [0.1, 0.15) is 18.4 Å². The van der Waals surface area contributed by atoms with E-state index in [2.05, 4.69) is 17.0 Å². The van der Waals surface area contributed by atoms with Crippen LogP contribution in [-0.4, -0.2) is 42.1 Å². The lowest BCUT2D eigenvalue weighted by Gasteiger charge is -2.37. The summed E-state index contributed by atoms with van der Waals surface area (Å²) < 4.78 is 34.5. The summed E-state index contributed by atoms with van der Waals surface area (Å²) >= 11 is 0. The normalized spacial score (nSPS) is 16.7. The summed E-state index contributed by atoms with van der Waals surface area (Å²) in [7, 11) is -4.46. The molecule has 1 fully saturated rings. The number of phenols is 1. The fourth-order valence-corrected chi connectivity index (χ4v) is 4.30. The van der Waals surface area contributed by atoms with Gasteiger partial charge in [0.05, 0.1) is 5.69 Å². The highest BCUT2D eigenvalue weighted by Crippen LogP contribution is 2.33. The number of benzene rings is 2. The second-order valence-electron chi connectivity index (χ2n) is 6.26. The van der Waals surface area contributed by atoms with Crippen molar-refractivity contribution >= 4 is 16.0 Å². The molecule has 1 saturated heterocycles. The molecule has 0 aliphatic carbocycles.